The summed E-state index contributed by atoms with van der Waals surface area (Å²) in [5.74, 6) is -0.820. The Morgan fingerprint density at radius 1 is 1.50 bits per heavy atom. The summed E-state index contributed by atoms with van der Waals surface area (Å²) in [5.41, 5.74) is 0.672. The van der Waals surface area contributed by atoms with E-state index < -0.39 is 20.7 Å². The maximum Gasteiger partial charge on any atom is 0.320 e. The highest BCUT2D eigenvalue weighted by Crippen LogP contribution is 2.18. The number of benzene rings is 1. The van der Waals surface area contributed by atoms with Gasteiger partial charge in [-0.3, -0.25) is 19.7 Å². The number of amides is 1. The first-order chi connectivity index (χ1) is 9.36. The summed E-state index contributed by atoms with van der Waals surface area (Å²) in [7, 11) is 1.27. The lowest BCUT2D eigenvalue weighted by atomic mass is 10.1. The minimum absolute atomic E-state index is 0.0390. The van der Waals surface area contributed by atoms with Gasteiger partial charge in [0.05, 0.1) is 12.0 Å². The van der Waals surface area contributed by atoms with E-state index in [9.17, 15) is 19.7 Å². The molecule has 1 aromatic carbocycles. The van der Waals surface area contributed by atoms with Crippen molar-refractivity contribution in [1.29, 1.82) is 0 Å². The number of nitro benzene ring substituents is 1. The number of alkyl halides is 1. The summed E-state index contributed by atoms with van der Waals surface area (Å²) in [6.45, 7) is 1.69. The second kappa shape index (κ2) is 7.17. The van der Waals surface area contributed by atoms with Crippen LogP contribution in [0.2, 0.25) is 0 Å². The molecule has 0 aliphatic rings. The highest BCUT2D eigenvalue weighted by molar-refractivity contribution is 14.1. The SMILES string of the molecule is COC(=O)C(I)CNC(=O)c1ccc([N+](=O)[O-])c(C)c1. The van der Waals surface area contributed by atoms with Crippen LogP contribution in [0, 0.1) is 17.0 Å². The van der Waals surface area contributed by atoms with Gasteiger partial charge in [0, 0.05) is 23.7 Å². The maximum absolute atomic E-state index is 11.9. The molecule has 0 heterocycles. The van der Waals surface area contributed by atoms with Crippen LogP contribution in [-0.4, -0.2) is 34.4 Å². The monoisotopic (exact) mass is 392 g/mol. The van der Waals surface area contributed by atoms with Crippen LogP contribution in [0.3, 0.4) is 0 Å². The molecule has 0 fully saturated rings. The van der Waals surface area contributed by atoms with Crippen LogP contribution >= 0.6 is 22.6 Å². The molecule has 8 heteroatoms. The van der Waals surface area contributed by atoms with Crippen LogP contribution < -0.4 is 5.32 Å². The molecular weight excluding hydrogens is 379 g/mol. The molecule has 1 atom stereocenters. The number of nitrogens with one attached hydrogen (secondary N) is 1. The fourth-order valence-electron chi connectivity index (χ4n) is 1.50. The molecule has 0 spiro atoms. The number of ether oxygens (including phenoxy) is 1. The van der Waals surface area contributed by atoms with Crippen molar-refractivity contribution in [2.24, 2.45) is 0 Å². The third-order valence-corrected chi connectivity index (χ3v) is 3.50. The molecule has 0 aliphatic carbocycles. The Kier molecular flexibility index (Phi) is 5.86. The van der Waals surface area contributed by atoms with Gasteiger partial charge in [0.25, 0.3) is 11.6 Å². The third-order valence-electron chi connectivity index (χ3n) is 2.55. The zero-order valence-electron chi connectivity index (χ0n) is 10.9. The summed E-state index contributed by atoms with van der Waals surface area (Å²) < 4.78 is 4.05. The van der Waals surface area contributed by atoms with Crippen molar-refractivity contribution in [1.82, 2.24) is 5.32 Å². The highest BCUT2D eigenvalue weighted by Gasteiger charge is 2.18. The third kappa shape index (κ3) is 4.15. The van der Waals surface area contributed by atoms with Gasteiger partial charge in [-0.15, -0.1) is 0 Å². The van der Waals surface area contributed by atoms with Crippen molar-refractivity contribution in [3.8, 4) is 0 Å². The molecule has 1 rings (SSSR count). The van der Waals surface area contributed by atoms with Crippen LogP contribution in [0.5, 0.6) is 0 Å². The second-order valence-electron chi connectivity index (χ2n) is 3.96. The molecule has 1 unspecified atom stereocenters. The quantitative estimate of drug-likeness (QED) is 0.270. The van der Waals surface area contributed by atoms with E-state index in [0.29, 0.717) is 11.1 Å². The molecule has 7 nitrogen and oxygen atoms in total. The van der Waals surface area contributed by atoms with E-state index >= 15 is 0 Å². The average molecular weight is 392 g/mol. The summed E-state index contributed by atoms with van der Waals surface area (Å²) in [6, 6.07) is 4.10. The first-order valence-electron chi connectivity index (χ1n) is 5.62. The minimum atomic E-state index is -0.505. The summed E-state index contributed by atoms with van der Waals surface area (Å²) in [5, 5.41) is 13.3. The fraction of sp³-hybridized carbons (Fsp3) is 0.333. The van der Waals surface area contributed by atoms with Crippen molar-refractivity contribution in [2.75, 3.05) is 13.7 Å². The lowest BCUT2D eigenvalue weighted by molar-refractivity contribution is -0.385. The highest BCUT2D eigenvalue weighted by atomic mass is 127. The molecule has 0 aromatic heterocycles. The van der Waals surface area contributed by atoms with Crippen molar-refractivity contribution < 1.29 is 19.2 Å². The topological polar surface area (TPSA) is 98.5 Å². The van der Waals surface area contributed by atoms with Crippen LogP contribution in [0.1, 0.15) is 15.9 Å². The van der Waals surface area contributed by atoms with Gasteiger partial charge >= 0.3 is 5.97 Å². The molecule has 1 N–H and O–H groups in total. The fourth-order valence-corrected chi connectivity index (χ4v) is 1.97. The number of hydrogen-bond donors (Lipinski definition) is 1. The molecule has 0 radical (unpaired) electrons. The standard InChI is InChI=1S/C12H13IN2O5/c1-7-5-8(3-4-10(7)15(18)19)11(16)14-6-9(13)12(17)20-2/h3-5,9H,6H2,1-2H3,(H,14,16). The zero-order chi connectivity index (χ0) is 15.3. The van der Waals surface area contributed by atoms with E-state index in [4.69, 9.17) is 0 Å². The number of hydrogen-bond acceptors (Lipinski definition) is 5. The molecule has 1 amide bonds. The van der Waals surface area contributed by atoms with E-state index in [1.54, 1.807) is 6.92 Å². The van der Waals surface area contributed by atoms with E-state index in [1.807, 2.05) is 22.6 Å². The van der Waals surface area contributed by atoms with Crippen molar-refractivity contribution in [3.05, 3.63) is 39.4 Å². The normalized spacial score (nSPS) is 11.6. The number of esters is 1. The smallest absolute Gasteiger partial charge is 0.320 e. The van der Waals surface area contributed by atoms with Gasteiger partial charge in [0.15, 0.2) is 0 Å². The molecule has 0 saturated heterocycles. The van der Waals surface area contributed by atoms with Crippen LogP contribution in [-0.2, 0) is 9.53 Å². The number of methoxy groups -OCH3 is 1. The molecule has 20 heavy (non-hydrogen) atoms. The number of halogens is 1. The number of aryl methyl sites for hydroxylation is 1. The largest absolute Gasteiger partial charge is 0.468 e. The maximum atomic E-state index is 11.9. The van der Waals surface area contributed by atoms with Gasteiger partial charge < -0.3 is 10.1 Å². The molecular formula is C12H13IN2O5. The Bertz CT molecular complexity index is 547. The van der Waals surface area contributed by atoms with Crippen molar-refractivity contribution in [2.45, 2.75) is 10.8 Å². The van der Waals surface area contributed by atoms with Gasteiger partial charge in [-0.25, -0.2) is 0 Å². The number of nitro groups is 1. The lowest BCUT2D eigenvalue weighted by Crippen LogP contribution is -2.33. The Labute approximate surface area is 129 Å². The first-order valence-corrected chi connectivity index (χ1v) is 6.86. The predicted molar refractivity (Wildman–Crippen MR) is 80.0 cm³/mol. The van der Waals surface area contributed by atoms with Gasteiger partial charge in [-0.05, 0) is 19.1 Å². The van der Waals surface area contributed by atoms with Crippen molar-refractivity contribution in [3.63, 3.8) is 0 Å². The number of carbonyl (C=O) groups is 2. The van der Waals surface area contributed by atoms with Crippen LogP contribution in [0.15, 0.2) is 18.2 Å². The van der Waals surface area contributed by atoms with E-state index in [2.05, 4.69) is 10.1 Å². The summed E-state index contributed by atoms with van der Waals surface area (Å²) in [6.07, 6.45) is 0. The minimum Gasteiger partial charge on any atom is -0.468 e. The predicted octanol–water partition coefficient (Wildman–Crippen LogP) is 1.61. The molecule has 0 bridgehead atoms. The number of nitrogens with zero attached hydrogens (tertiary/aromatic N) is 1. The number of carbonyl (C=O) groups excluding carboxylic acids is 2. The Hall–Kier alpha value is -1.71. The van der Waals surface area contributed by atoms with E-state index in [1.165, 1.54) is 25.3 Å². The molecule has 0 aliphatic heterocycles. The van der Waals surface area contributed by atoms with Gasteiger partial charge in [-0.2, -0.15) is 0 Å². The lowest BCUT2D eigenvalue weighted by Gasteiger charge is -2.09. The van der Waals surface area contributed by atoms with Gasteiger partial charge in [0.1, 0.15) is 3.92 Å². The van der Waals surface area contributed by atoms with Gasteiger partial charge in [0.2, 0.25) is 0 Å². The zero-order valence-corrected chi connectivity index (χ0v) is 13.0. The van der Waals surface area contributed by atoms with Crippen LogP contribution in [0.25, 0.3) is 0 Å². The second-order valence-corrected chi connectivity index (χ2v) is 5.46. The molecule has 0 saturated carbocycles. The van der Waals surface area contributed by atoms with E-state index in [-0.39, 0.29) is 12.2 Å². The molecule has 108 valence electrons. The Morgan fingerprint density at radius 3 is 2.65 bits per heavy atom. The summed E-state index contributed by atoms with van der Waals surface area (Å²) in [4.78, 5) is 33.2. The Morgan fingerprint density at radius 2 is 2.15 bits per heavy atom. The van der Waals surface area contributed by atoms with E-state index in [0.717, 1.165) is 0 Å². The summed E-state index contributed by atoms with van der Waals surface area (Å²) >= 11 is 1.86. The van der Waals surface area contributed by atoms with Crippen molar-refractivity contribution >= 4 is 40.2 Å². The first kappa shape index (κ1) is 16.3. The molecule has 1 aromatic rings. The Balaban J connectivity index is 2.71. The van der Waals surface area contributed by atoms with Crippen LogP contribution in [0.4, 0.5) is 5.69 Å². The number of rotatable bonds is 5. The van der Waals surface area contributed by atoms with Gasteiger partial charge in [-0.1, -0.05) is 22.6 Å². The average Bonchev–Trinajstić information content (AvgIpc) is 2.42.